The van der Waals surface area contributed by atoms with E-state index in [-0.39, 0.29) is 0 Å². The molecule has 0 heterocycles. The predicted molar refractivity (Wildman–Crippen MR) is 112 cm³/mol. The fourth-order valence-electron chi connectivity index (χ4n) is 3.91. The maximum atomic E-state index is 12.4. The van der Waals surface area contributed by atoms with Crippen LogP contribution in [-0.4, -0.2) is 25.5 Å². The summed E-state index contributed by atoms with van der Waals surface area (Å²) in [6.45, 7) is 6.31. The monoisotopic (exact) mass is 392 g/mol. The molecule has 0 atom stereocenters. The Morgan fingerprint density at radius 2 is 1.59 bits per heavy atom. The predicted octanol–water partition coefficient (Wildman–Crippen LogP) is 5.43. The largest absolute Gasteiger partial charge is 0.493 e. The summed E-state index contributed by atoms with van der Waals surface area (Å²) in [7, 11) is -3.00. The third kappa shape index (κ3) is 6.23. The highest BCUT2D eigenvalue weighted by Gasteiger charge is 2.33. The average Bonchev–Trinajstić information content (AvgIpc) is 3.43. The summed E-state index contributed by atoms with van der Waals surface area (Å²) in [4.78, 5) is 0. The standard InChI is InChI=1S/C23H36O3S/c1-23(2,3)27(24,25)17-21-13-8-18(9-14-21)7-10-19-5-4-6-22(15-19)26-16-20-11-12-20/h4-6,15,18,20-21H,7-14,16-17H2,1-3H3. The van der Waals surface area contributed by atoms with Crippen LogP contribution in [0.2, 0.25) is 0 Å². The van der Waals surface area contributed by atoms with Gasteiger partial charge in [-0.15, -0.1) is 0 Å². The quantitative estimate of drug-likeness (QED) is 0.592. The summed E-state index contributed by atoms with van der Waals surface area (Å²) in [5.41, 5.74) is 1.36. The molecule has 0 radical (unpaired) electrons. The average molecular weight is 393 g/mol. The van der Waals surface area contributed by atoms with Gasteiger partial charge in [-0.2, -0.15) is 0 Å². The molecule has 3 rings (SSSR count). The van der Waals surface area contributed by atoms with Crippen molar-refractivity contribution < 1.29 is 13.2 Å². The lowest BCUT2D eigenvalue weighted by atomic mass is 9.80. The van der Waals surface area contributed by atoms with Gasteiger partial charge < -0.3 is 4.74 Å². The Morgan fingerprint density at radius 1 is 0.963 bits per heavy atom. The summed E-state index contributed by atoms with van der Waals surface area (Å²) in [5.74, 6) is 3.24. The number of benzene rings is 1. The highest BCUT2D eigenvalue weighted by Crippen LogP contribution is 2.34. The highest BCUT2D eigenvalue weighted by atomic mass is 32.2. The van der Waals surface area contributed by atoms with Crippen molar-refractivity contribution in [2.24, 2.45) is 17.8 Å². The van der Waals surface area contributed by atoms with E-state index in [9.17, 15) is 8.42 Å². The Hall–Kier alpha value is -1.03. The van der Waals surface area contributed by atoms with Crippen molar-refractivity contribution in [2.75, 3.05) is 12.4 Å². The SMILES string of the molecule is CC(C)(C)S(=O)(=O)CC1CCC(CCc2cccc(OCC3CC3)c2)CC1. The zero-order valence-electron chi connectivity index (χ0n) is 17.2. The Balaban J connectivity index is 1.41. The van der Waals surface area contributed by atoms with Crippen molar-refractivity contribution in [1.82, 2.24) is 0 Å². The van der Waals surface area contributed by atoms with Crippen LogP contribution in [0, 0.1) is 17.8 Å². The van der Waals surface area contributed by atoms with E-state index in [1.54, 1.807) is 0 Å². The molecule has 0 spiro atoms. The Morgan fingerprint density at radius 3 is 2.22 bits per heavy atom. The van der Waals surface area contributed by atoms with E-state index in [1.165, 1.54) is 37.7 Å². The molecule has 0 unspecified atom stereocenters. The van der Waals surface area contributed by atoms with E-state index in [2.05, 4.69) is 24.3 Å². The second kappa shape index (κ2) is 8.55. The molecule has 2 aliphatic rings. The van der Waals surface area contributed by atoms with Gasteiger partial charge in [0.25, 0.3) is 0 Å². The Kier molecular flexibility index (Phi) is 6.55. The molecule has 0 saturated heterocycles. The zero-order valence-corrected chi connectivity index (χ0v) is 18.1. The van der Waals surface area contributed by atoms with Gasteiger partial charge in [-0.25, -0.2) is 8.42 Å². The lowest BCUT2D eigenvalue weighted by Gasteiger charge is -2.30. The Labute approximate surface area is 165 Å². The van der Waals surface area contributed by atoms with E-state index in [0.717, 1.165) is 43.5 Å². The second-order valence-electron chi connectivity index (χ2n) is 9.72. The van der Waals surface area contributed by atoms with E-state index in [1.807, 2.05) is 20.8 Å². The van der Waals surface area contributed by atoms with Gasteiger partial charge in [-0.3, -0.25) is 0 Å². The molecular formula is C23H36O3S. The molecule has 3 nitrogen and oxygen atoms in total. The van der Waals surface area contributed by atoms with E-state index < -0.39 is 14.6 Å². The topological polar surface area (TPSA) is 43.4 Å². The Bertz CT molecular complexity index is 705. The molecule has 0 N–H and O–H groups in total. The molecule has 0 aliphatic heterocycles. The summed E-state index contributed by atoms with van der Waals surface area (Å²) in [6, 6.07) is 8.56. The van der Waals surface area contributed by atoms with Crippen LogP contribution < -0.4 is 4.74 Å². The molecule has 27 heavy (non-hydrogen) atoms. The lowest BCUT2D eigenvalue weighted by Crippen LogP contribution is -2.34. The fraction of sp³-hybridized carbons (Fsp3) is 0.739. The summed E-state index contributed by atoms with van der Waals surface area (Å²) in [5, 5.41) is 0. The molecule has 152 valence electrons. The van der Waals surface area contributed by atoms with E-state index in [0.29, 0.717) is 11.7 Å². The normalized spacial score (nSPS) is 24.0. The molecule has 0 bridgehead atoms. The highest BCUT2D eigenvalue weighted by molar-refractivity contribution is 7.92. The second-order valence-corrected chi connectivity index (χ2v) is 12.5. The first-order chi connectivity index (χ1) is 12.7. The van der Waals surface area contributed by atoms with Crippen molar-refractivity contribution in [3.8, 4) is 5.75 Å². The summed E-state index contributed by atoms with van der Waals surface area (Å²) < 4.78 is 30.1. The summed E-state index contributed by atoms with van der Waals surface area (Å²) in [6.07, 6.45) is 9.39. The minimum Gasteiger partial charge on any atom is -0.493 e. The van der Waals surface area contributed by atoms with Gasteiger partial charge in [-0.1, -0.05) is 25.0 Å². The smallest absolute Gasteiger partial charge is 0.155 e. The van der Waals surface area contributed by atoms with Crippen LogP contribution >= 0.6 is 0 Å². The maximum Gasteiger partial charge on any atom is 0.155 e. The number of hydrogen-bond acceptors (Lipinski definition) is 3. The van der Waals surface area contributed by atoms with Crippen molar-refractivity contribution >= 4 is 9.84 Å². The van der Waals surface area contributed by atoms with Crippen LogP contribution in [0.5, 0.6) is 5.75 Å². The number of aryl methyl sites for hydroxylation is 1. The van der Waals surface area contributed by atoms with Gasteiger partial charge in [0.2, 0.25) is 0 Å². The van der Waals surface area contributed by atoms with Gasteiger partial charge in [0.1, 0.15) is 5.75 Å². The maximum absolute atomic E-state index is 12.4. The molecule has 2 saturated carbocycles. The minimum absolute atomic E-state index is 0.352. The fourth-order valence-corrected chi connectivity index (χ4v) is 5.36. The van der Waals surface area contributed by atoms with E-state index >= 15 is 0 Å². The van der Waals surface area contributed by atoms with Gasteiger partial charge in [0.15, 0.2) is 9.84 Å². The molecule has 2 fully saturated rings. The van der Waals surface area contributed by atoms with Crippen molar-refractivity contribution in [1.29, 1.82) is 0 Å². The van der Waals surface area contributed by atoms with Gasteiger partial charge in [-0.05, 0) is 94.7 Å². The minimum atomic E-state index is -3.00. The third-order valence-corrected chi connectivity index (χ3v) is 9.05. The molecule has 0 aromatic heterocycles. The third-order valence-electron chi connectivity index (χ3n) is 6.28. The molecule has 0 amide bonds. The number of hydrogen-bond donors (Lipinski definition) is 0. The van der Waals surface area contributed by atoms with Crippen LogP contribution in [0.4, 0.5) is 0 Å². The molecular weight excluding hydrogens is 356 g/mol. The zero-order chi connectivity index (χ0) is 19.5. The van der Waals surface area contributed by atoms with Crippen LogP contribution in [0.15, 0.2) is 24.3 Å². The first-order valence-corrected chi connectivity index (χ1v) is 12.3. The molecule has 1 aromatic rings. The van der Waals surface area contributed by atoms with Crippen molar-refractivity contribution in [3.05, 3.63) is 29.8 Å². The first kappa shape index (κ1) is 20.7. The van der Waals surface area contributed by atoms with Gasteiger partial charge in [0, 0.05) is 0 Å². The van der Waals surface area contributed by atoms with Crippen LogP contribution in [-0.2, 0) is 16.3 Å². The van der Waals surface area contributed by atoms with E-state index in [4.69, 9.17) is 4.74 Å². The molecule has 1 aromatic carbocycles. The number of ether oxygens (including phenoxy) is 1. The molecule has 2 aliphatic carbocycles. The van der Waals surface area contributed by atoms with Crippen LogP contribution in [0.1, 0.15) is 71.3 Å². The first-order valence-electron chi connectivity index (χ1n) is 10.7. The number of sulfone groups is 1. The van der Waals surface area contributed by atoms with Crippen molar-refractivity contribution in [3.63, 3.8) is 0 Å². The van der Waals surface area contributed by atoms with Crippen LogP contribution in [0.3, 0.4) is 0 Å². The van der Waals surface area contributed by atoms with Gasteiger partial charge >= 0.3 is 0 Å². The summed E-state index contributed by atoms with van der Waals surface area (Å²) >= 11 is 0. The molecule has 4 heteroatoms. The van der Waals surface area contributed by atoms with Gasteiger partial charge in [0.05, 0.1) is 17.1 Å². The van der Waals surface area contributed by atoms with Crippen molar-refractivity contribution in [2.45, 2.75) is 76.9 Å². The number of rotatable bonds is 8. The van der Waals surface area contributed by atoms with Crippen LogP contribution in [0.25, 0.3) is 0 Å². The lowest BCUT2D eigenvalue weighted by molar-refractivity contribution is 0.277.